The number of benzene rings is 3. The van der Waals surface area contributed by atoms with Crippen LogP contribution in [0, 0.1) is 0 Å². The monoisotopic (exact) mass is 598 g/mol. The Hall–Kier alpha value is -4.63. The van der Waals surface area contributed by atoms with Crippen LogP contribution >= 0.6 is 11.3 Å². The molecular formula is C34H34N2O6S. The molecule has 5 rings (SSSR count). The van der Waals surface area contributed by atoms with Crippen molar-refractivity contribution in [2.75, 3.05) is 19.8 Å². The van der Waals surface area contributed by atoms with E-state index in [1.165, 1.54) is 11.3 Å². The average Bonchev–Trinajstić information content (AvgIpc) is 3.31. The number of hydrogen-bond donors (Lipinski definition) is 0. The zero-order chi connectivity index (χ0) is 30.3. The van der Waals surface area contributed by atoms with Crippen LogP contribution in [0.2, 0.25) is 0 Å². The SMILES string of the molecule is CCOC(=O)C1=C(C)N=c2s/c(=C\c3ccc(OCc4ccccc4)c(OCC)c3)c(=O)n2[C@@H]1c1ccccc1OCC. The van der Waals surface area contributed by atoms with E-state index in [1.807, 2.05) is 92.7 Å². The molecule has 0 aliphatic carbocycles. The average molecular weight is 599 g/mol. The largest absolute Gasteiger partial charge is 0.494 e. The molecule has 0 amide bonds. The summed E-state index contributed by atoms with van der Waals surface area (Å²) in [4.78, 5) is 32.4. The van der Waals surface area contributed by atoms with Gasteiger partial charge in [0.25, 0.3) is 5.56 Å². The predicted molar refractivity (Wildman–Crippen MR) is 166 cm³/mol. The Labute approximate surface area is 254 Å². The van der Waals surface area contributed by atoms with Crippen molar-refractivity contribution >= 4 is 23.4 Å². The van der Waals surface area contributed by atoms with E-state index >= 15 is 0 Å². The topological polar surface area (TPSA) is 88.4 Å². The molecule has 0 N–H and O–H groups in total. The number of rotatable bonds is 11. The molecule has 4 aromatic rings. The highest BCUT2D eigenvalue weighted by atomic mass is 32.1. The van der Waals surface area contributed by atoms with E-state index in [2.05, 4.69) is 4.99 Å². The fraction of sp³-hybridized carbons (Fsp3) is 0.265. The molecular weight excluding hydrogens is 564 g/mol. The molecule has 0 fully saturated rings. The van der Waals surface area contributed by atoms with Crippen LogP contribution in [0.4, 0.5) is 0 Å². The molecule has 0 spiro atoms. The molecule has 3 aromatic carbocycles. The molecule has 1 aromatic heterocycles. The van der Waals surface area contributed by atoms with Crippen molar-refractivity contribution in [1.29, 1.82) is 0 Å². The first-order valence-corrected chi connectivity index (χ1v) is 15.1. The summed E-state index contributed by atoms with van der Waals surface area (Å²) in [5.41, 5.74) is 3.05. The second kappa shape index (κ2) is 13.6. The van der Waals surface area contributed by atoms with Crippen LogP contribution in [0.15, 0.2) is 93.9 Å². The smallest absolute Gasteiger partial charge is 0.338 e. The highest BCUT2D eigenvalue weighted by Crippen LogP contribution is 2.36. The minimum absolute atomic E-state index is 0.201. The van der Waals surface area contributed by atoms with Gasteiger partial charge in [-0.05, 0) is 63.1 Å². The van der Waals surface area contributed by atoms with Gasteiger partial charge in [-0.25, -0.2) is 9.79 Å². The van der Waals surface area contributed by atoms with E-state index in [1.54, 1.807) is 18.4 Å². The Balaban J connectivity index is 1.59. The van der Waals surface area contributed by atoms with Gasteiger partial charge < -0.3 is 18.9 Å². The van der Waals surface area contributed by atoms with Crippen molar-refractivity contribution in [3.8, 4) is 17.2 Å². The van der Waals surface area contributed by atoms with E-state index in [0.717, 1.165) is 11.1 Å². The summed E-state index contributed by atoms with van der Waals surface area (Å²) in [6.45, 7) is 8.82. The number of hydrogen-bond acceptors (Lipinski definition) is 8. The first-order valence-electron chi connectivity index (χ1n) is 14.3. The maximum atomic E-state index is 14.1. The third-order valence-electron chi connectivity index (χ3n) is 6.83. The Kier molecular flexibility index (Phi) is 9.41. The number of ether oxygens (including phenoxy) is 4. The minimum atomic E-state index is -0.757. The Morgan fingerprint density at radius 3 is 2.35 bits per heavy atom. The number of esters is 1. The number of thiazole rings is 1. The van der Waals surface area contributed by atoms with Gasteiger partial charge in [0, 0.05) is 5.56 Å². The van der Waals surface area contributed by atoms with Crippen molar-refractivity contribution in [3.05, 3.63) is 120 Å². The molecule has 0 saturated heterocycles. The van der Waals surface area contributed by atoms with Crippen LogP contribution in [-0.4, -0.2) is 30.4 Å². The minimum Gasteiger partial charge on any atom is -0.494 e. The number of fused-ring (bicyclic) bond motifs is 1. The molecule has 0 radical (unpaired) electrons. The zero-order valence-corrected chi connectivity index (χ0v) is 25.5. The van der Waals surface area contributed by atoms with Crippen molar-refractivity contribution in [3.63, 3.8) is 0 Å². The van der Waals surface area contributed by atoms with Crippen LogP contribution in [0.25, 0.3) is 6.08 Å². The summed E-state index contributed by atoms with van der Waals surface area (Å²) in [7, 11) is 0. The number of carbonyl (C=O) groups excluding carboxylic acids is 1. The predicted octanol–water partition coefficient (Wildman–Crippen LogP) is 5.17. The van der Waals surface area contributed by atoms with Gasteiger partial charge >= 0.3 is 5.97 Å². The van der Waals surface area contributed by atoms with Gasteiger partial charge in [0.2, 0.25) is 0 Å². The lowest BCUT2D eigenvalue weighted by Gasteiger charge is -2.26. The maximum absolute atomic E-state index is 14.1. The van der Waals surface area contributed by atoms with Gasteiger partial charge in [-0.2, -0.15) is 0 Å². The van der Waals surface area contributed by atoms with Crippen LogP contribution in [0.1, 0.15) is 50.4 Å². The molecule has 0 unspecified atom stereocenters. The van der Waals surface area contributed by atoms with Crippen LogP contribution < -0.4 is 29.1 Å². The van der Waals surface area contributed by atoms with Crippen molar-refractivity contribution in [1.82, 2.24) is 4.57 Å². The second-order valence-electron chi connectivity index (χ2n) is 9.69. The fourth-order valence-corrected chi connectivity index (χ4v) is 6.01. The van der Waals surface area contributed by atoms with Gasteiger partial charge in [0.1, 0.15) is 18.4 Å². The lowest BCUT2D eigenvalue weighted by Crippen LogP contribution is -2.40. The molecule has 0 bridgehead atoms. The van der Waals surface area contributed by atoms with Gasteiger partial charge in [0.05, 0.1) is 35.6 Å². The number of nitrogens with zero attached hydrogens (tertiary/aromatic N) is 2. The van der Waals surface area contributed by atoms with Crippen LogP contribution in [0.5, 0.6) is 17.2 Å². The molecule has 1 atom stereocenters. The number of aromatic nitrogens is 1. The second-order valence-corrected chi connectivity index (χ2v) is 10.7. The van der Waals surface area contributed by atoms with E-state index in [4.69, 9.17) is 18.9 Å². The third kappa shape index (κ3) is 6.41. The molecule has 0 saturated carbocycles. The normalized spacial score (nSPS) is 14.6. The number of para-hydroxylation sites is 1. The van der Waals surface area contributed by atoms with E-state index in [0.29, 0.717) is 63.2 Å². The summed E-state index contributed by atoms with van der Waals surface area (Å²) in [5, 5.41) is 0. The number of allylic oxidation sites excluding steroid dienone is 1. The van der Waals surface area contributed by atoms with Gasteiger partial charge in [0.15, 0.2) is 16.3 Å². The maximum Gasteiger partial charge on any atom is 0.338 e. The third-order valence-corrected chi connectivity index (χ3v) is 7.82. The fourth-order valence-electron chi connectivity index (χ4n) is 4.97. The highest BCUT2D eigenvalue weighted by Gasteiger charge is 2.35. The molecule has 222 valence electrons. The first-order chi connectivity index (χ1) is 20.9. The summed E-state index contributed by atoms with van der Waals surface area (Å²) in [6.07, 6.45) is 1.81. The molecule has 1 aliphatic rings. The summed E-state index contributed by atoms with van der Waals surface area (Å²) in [6, 6.07) is 22.2. The Bertz CT molecular complexity index is 1820. The van der Waals surface area contributed by atoms with Gasteiger partial charge in [-0.3, -0.25) is 9.36 Å². The van der Waals surface area contributed by atoms with E-state index in [9.17, 15) is 9.59 Å². The van der Waals surface area contributed by atoms with Gasteiger partial charge in [-0.1, -0.05) is 65.9 Å². The van der Waals surface area contributed by atoms with Crippen LogP contribution in [-0.2, 0) is 16.1 Å². The molecule has 9 heteroatoms. The lowest BCUT2D eigenvalue weighted by molar-refractivity contribution is -0.139. The summed E-state index contributed by atoms with van der Waals surface area (Å²) < 4.78 is 25.3. The lowest BCUT2D eigenvalue weighted by atomic mass is 9.95. The van der Waals surface area contributed by atoms with Crippen molar-refractivity contribution < 1.29 is 23.7 Å². The van der Waals surface area contributed by atoms with Crippen LogP contribution in [0.3, 0.4) is 0 Å². The quantitative estimate of drug-likeness (QED) is 0.221. The molecule has 1 aliphatic heterocycles. The van der Waals surface area contributed by atoms with E-state index < -0.39 is 12.0 Å². The summed E-state index contributed by atoms with van der Waals surface area (Å²) in [5.74, 6) is 1.28. The van der Waals surface area contributed by atoms with Gasteiger partial charge in [-0.15, -0.1) is 0 Å². The molecule has 43 heavy (non-hydrogen) atoms. The summed E-state index contributed by atoms with van der Waals surface area (Å²) >= 11 is 1.27. The van der Waals surface area contributed by atoms with Crippen molar-refractivity contribution in [2.24, 2.45) is 4.99 Å². The zero-order valence-electron chi connectivity index (χ0n) is 24.7. The first kappa shape index (κ1) is 29.8. The Morgan fingerprint density at radius 1 is 0.884 bits per heavy atom. The molecule has 8 nitrogen and oxygen atoms in total. The van der Waals surface area contributed by atoms with E-state index in [-0.39, 0.29) is 12.2 Å². The van der Waals surface area contributed by atoms with Crippen molar-refractivity contribution in [2.45, 2.75) is 40.3 Å². The Morgan fingerprint density at radius 2 is 1.60 bits per heavy atom. The number of carbonyl (C=O) groups is 1. The highest BCUT2D eigenvalue weighted by molar-refractivity contribution is 7.07. The molecule has 2 heterocycles. The standard InChI is InChI=1S/C34H34N2O6S/c1-5-39-26-16-12-11-15-25(26)31-30(33(38)41-7-3)22(4)35-34-36(31)32(37)29(43-34)20-24-17-18-27(28(19-24)40-6-2)42-21-23-13-9-8-10-14-23/h8-20,31H,5-7,21H2,1-4H3/b29-20-/t31-/m1/s1.